The van der Waals surface area contributed by atoms with Crippen LogP contribution in [0.2, 0.25) is 0 Å². The van der Waals surface area contributed by atoms with Crippen LogP contribution in [0.25, 0.3) is 0 Å². The molecule has 2 aromatic carbocycles. The largest absolute Gasteiger partial charge is 0.478 e. The number of nitrogens with one attached hydrogen (secondary N) is 1. The lowest BCUT2D eigenvalue weighted by molar-refractivity contribution is 0.0686. The lowest BCUT2D eigenvalue weighted by Gasteiger charge is -2.10. The first-order valence-corrected chi connectivity index (χ1v) is 8.19. The van der Waals surface area contributed by atoms with E-state index >= 15 is 0 Å². The number of aliphatic hydroxyl groups is 1. The first-order valence-electron chi connectivity index (χ1n) is 8.19. The van der Waals surface area contributed by atoms with E-state index in [0.29, 0.717) is 17.2 Å². The Morgan fingerprint density at radius 2 is 1.19 bits per heavy atom. The Balaban J connectivity index is 0.000000362. The summed E-state index contributed by atoms with van der Waals surface area (Å²) < 4.78 is 0. The smallest absolute Gasteiger partial charge is 0.335 e. The fourth-order valence-corrected chi connectivity index (χ4v) is 1.79. The quantitative estimate of drug-likeness (QED) is 0.652. The number of aromatic carboxylic acids is 2. The van der Waals surface area contributed by atoms with E-state index in [1.807, 2.05) is 14.0 Å². The second-order valence-corrected chi connectivity index (χ2v) is 5.62. The van der Waals surface area contributed by atoms with E-state index in [-0.39, 0.29) is 6.10 Å². The number of rotatable bonds is 5. The minimum absolute atomic E-state index is 0.183. The molecule has 2 unspecified atom stereocenters. The minimum atomic E-state index is -0.879. The van der Waals surface area contributed by atoms with Crippen LogP contribution in [0.3, 0.4) is 0 Å². The molecule has 0 spiro atoms. The van der Waals surface area contributed by atoms with Crippen molar-refractivity contribution in [1.82, 2.24) is 5.32 Å². The van der Waals surface area contributed by atoms with E-state index in [9.17, 15) is 9.59 Å². The van der Waals surface area contributed by atoms with Crippen LogP contribution >= 0.6 is 0 Å². The minimum Gasteiger partial charge on any atom is -0.478 e. The molecule has 142 valence electrons. The summed E-state index contributed by atoms with van der Waals surface area (Å²) in [7, 11) is 1.90. The van der Waals surface area contributed by atoms with Crippen molar-refractivity contribution in [2.45, 2.75) is 32.4 Å². The van der Waals surface area contributed by atoms with Crippen LogP contribution in [-0.2, 0) is 0 Å². The molecule has 6 nitrogen and oxygen atoms in total. The molecule has 0 aliphatic carbocycles. The lowest BCUT2D eigenvalue weighted by Crippen LogP contribution is -2.25. The van der Waals surface area contributed by atoms with Crippen molar-refractivity contribution in [1.29, 1.82) is 0 Å². The van der Waals surface area contributed by atoms with Crippen LogP contribution in [-0.4, -0.2) is 46.5 Å². The number of carboxylic acids is 2. The van der Waals surface area contributed by atoms with E-state index < -0.39 is 11.9 Å². The van der Waals surface area contributed by atoms with Gasteiger partial charge in [-0.15, -0.1) is 0 Å². The summed E-state index contributed by atoms with van der Waals surface area (Å²) in [5, 5.41) is 28.6. The maximum absolute atomic E-state index is 10.2. The molecule has 0 aliphatic heterocycles. The molecular formula is C20H27NO5. The molecule has 6 heteroatoms. The number of aliphatic hydroxyl groups excluding tert-OH is 1. The fraction of sp³-hybridized carbons (Fsp3) is 0.300. The molecular weight excluding hydrogens is 334 g/mol. The van der Waals surface area contributed by atoms with E-state index in [1.165, 1.54) is 0 Å². The van der Waals surface area contributed by atoms with Gasteiger partial charge in [-0.05, 0) is 51.6 Å². The third kappa shape index (κ3) is 11.8. The molecule has 4 N–H and O–H groups in total. The van der Waals surface area contributed by atoms with Gasteiger partial charge in [0.1, 0.15) is 0 Å². The molecule has 0 bridgehead atoms. The molecule has 2 aromatic rings. The standard InChI is InChI=1S/2C7H6O2.C6H15NO/c2*8-7(9)6-4-2-1-3-5-6;1-5(7-3)4-6(2)8/h2*1-5H,(H,8,9);5-8H,4H2,1-3H3. The van der Waals surface area contributed by atoms with Crippen molar-refractivity contribution in [3.05, 3.63) is 71.8 Å². The zero-order chi connectivity index (χ0) is 19.9. The van der Waals surface area contributed by atoms with Crippen LogP contribution in [0.15, 0.2) is 60.7 Å². The van der Waals surface area contributed by atoms with Crippen LogP contribution in [0.1, 0.15) is 41.0 Å². The molecule has 0 aromatic heterocycles. The van der Waals surface area contributed by atoms with Gasteiger partial charge in [-0.1, -0.05) is 36.4 Å². The normalized spacial score (nSPS) is 11.7. The molecule has 26 heavy (non-hydrogen) atoms. The highest BCUT2D eigenvalue weighted by atomic mass is 16.4. The predicted molar refractivity (Wildman–Crippen MR) is 102 cm³/mol. The van der Waals surface area contributed by atoms with Crippen molar-refractivity contribution >= 4 is 11.9 Å². The van der Waals surface area contributed by atoms with Crippen molar-refractivity contribution in [2.24, 2.45) is 0 Å². The highest BCUT2D eigenvalue weighted by Crippen LogP contribution is 1.97. The maximum atomic E-state index is 10.2. The third-order valence-corrected chi connectivity index (χ3v) is 3.23. The second kappa shape index (κ2) is 13.6. The van der Waals surface area contributed by atoms with Gasteiger partial charge in [0.05, 0.1) is 17.2 Å². The molecule has 0 aliphatic rings. The van der Waals surface area contributed by atoms with Crippen molar-refractivity contribution in [3.8, 4) is 0 Å². The summed E-state index contributed by atoms with van der Waals surface area (Å²) in [5.41, 5.74) is 0.662. The SMILES string of the molecule is CNC(C)CC(C)O.O=C(O)c1ccccc1.O=C(O)c1ccccc1. The van der Waals surface area contributed by atoms with E-state index in [4.69, 9.17) is 15.3 Å². The predicted octanol–water partition coefficient (Wildman–Crippen LogP) is 3.13. The molecule has 0 amide bonds. The molecule has 2 rings (SSSR count). The number of carboxylic acid groups (broad SMARTS) is 2. The number of hydrogen-bond donors (Lipinski definition) is 4. The molecule has 2 atom stereocenters. The van der Waals surface area contributed by atoms with Gasteiger partial charge in [-0.3, -0.25) is 0 Å². The van der Waals surface area contributed by atoms with Gasteiger partial charge in [-0.2, -0.15) is 0 Å². The van der Waals surface area contributed by atoms with E-state index in [0.717, 1.165) is 6.42 Å². The molecule has 0 heterocycles. The summed E-state index contributed by atoms with van der Waals surface area (Å²) >= 11 is 0. The molecule has 0 fully saturated rings. The average molecular weight is 361 g/mol. The van der Waals surface area contributed by atoms with Gasteiger partial charge in [0.2, 0.25) is 0 Å². The zero-order valence-electron chi connectivity index (χ0n) is 15.3. The van der Waals surface area contributed by atoms with Crippen LogP contribution in [0, 0.1) is 0 Å². The molecule has 0 saturated carbocycles. The average Bonchev–Trinajstić information content (AvgIpc) is 2.63. The summed E-state index contributed by atoms with van der Waals surface area (Å²) in [5.74, 6) is -1.76. The Labute approximate surface area is 154 Å². The number of hydrogen-bond acceptors (Lipinski definition) is 4. The lowest BCUT2D eigenvalue weighted by atomic mass is 10.2. The Bertz CT molecular complexity index is 580. The van der Waals surface area contributed by atoms with Crippen LogP contribution in [0.5, 0.6) is 0 Å². The summed E-state index contributed by atoms with van der Waals surface area (Å²) in [6.45, 7) is 3.85. The topological polar surface area (TPSA) is 107 Å². The van der Waals surface area contributed by atoms with Gasteiger partial charge in [0, 0.05) is 6.04 Å². The highest BCUT2D eigenvalue weighted by Gasteiger charge is 2.01. The van der Waals surface area contributed by atoms with E-state index in [2.05, 4.69) is 5.32 Å². The zero-order valence-corrected chi connectivity index (χ0v) is 15.3. The Morgan fingerprint density at radius 1 is 0.846 bits per heavy atom. The summed E-state index contributed by atoms with van der Waals surface area (Å²) in [6.07, 6.45) is 0.647. The van der Waals surface area contributed by atoms with Gasteiger partial charge in [-0.25, -0.2) is 9.59 Å². The monoisotopic (exact) mass is 361 g/mol. The second-order valence-electron chi connectivity index (χ2n) is 5.62. The maximum Gasteiger partial charge on any atom is 0.335 e. The van der Waals surface area contributed by atoms with Gasteiger partial charge in [0.25, 0.3) is 0 Å². The van der Waals surface area contributed by atoms with Crippen LogP contribution < -0.4 is 5.32 Å². The number of benzene rings is 2. The molecule has 0 saturated heterocycles. The Kier molecular flexibility index (Phi) is 12.2. The van der Waals surface area contributed by atoms with Gasteiger partial charge in [0.15, 0.2) is 0 Å². The fourth-order valence-electron chi connectivity index (χ4n) is 1.79. The summed E-state index contributed by atoms with van der Waals surface area (Å²) in [4.78, 5) is 20.4. The van der Waals surface area contributed by atoms with Crippen molar-refractivity contribution in [2.75, 3.05) is 7.05 Å². The van der Waals surface area contributed by atoms with Crippen LogP contribution in [0.4, 0.5) is 0 Å². The third-order valence-electron chi connectivity index (χ3n) is 3.23. The summed E-state index contributed by atoms with van der Waals surface area (Å²) in [6, 6.07) is 17.0. The van der Waals surface area contributed by atoms with Crippen molar-refractivity contribution < 1.29 is 24.9 Å². The first kappa shape index (κ1) is 23.3. The molecule has 0 radical (unpaired) electrons. The first-order chi connectivity index (χ1) is 12.3. The van der Waals surface area contributed by atoms with Gasteiger partial charge < -0.3 is 20.6 Å². The highest BCUT2D eigenvalue weighted by molar-refractivity contribution is 5.87. The van der Waals surface area contributed by atoms with Gasteiger partial charge >= 0.3 is 11.9 Å². The van der Waals surface area contributed by atoms with Crippen molar-refractivity contribution in [3.63, 3.8) is 0 Å². The Morgan fingerprint density at radius 3 is 1.35 bits per heavy atom. The van der Waals surface area contributed by atoms with E-state index in [1.54, 1.807) is 67.6 Å². The Hall–Kier alpha value is -2.70. The number of carbonyl (C=O) groups is 2.